The van der Waals surface area contributed by atoms with Crippen molar-refractivity contribution < 1.29 is 17.7 Å². The molecule has 0 aliphatic carbocycles. The fraction of sp³-hybridized carbons (Fsp3) is 0.467. The van der Waals surface area contributed by atoms with Crippen LogP contribution < -0.4 is 5.32 Å². The Hall–Kier alpha value is -2.49. The molecule has 1 atom stereocenters. The minimum atomic E-state index is -3.07. The van der Waals surface area contributed by atoms with Crippen molar-refractivity contribution >= 4 is 27.5 Å². The maximum atomic E-state index is 12.8. The summed E-state index contributed by atoms with van der Waals surface area (Å²) in [6.45, 7) is 3.99. The first-order valence-electron chi connectivity index (χ1n) is 7.93. The number of carbonyl (C=O) groups excluding carboxylic acids is 1. The second-order valence-electron chi connectivity index (χ2n) is 5.86. The van der Waals surface area contributed by atoms with E-state index in [1.54, 1.807) is 17.9 Å². The topological polar surface area (TPSA) is 118 Å². The molecule has 2 aromatic heterocycles. The zero-order valence-electron chi connectivity index (χ0n) is 14.0. The third-order valence-corrected chi connectivity index (χ3v) is 5.74. The van der Waals surface area contributed by atoms with Gasteiger partial charge in [-0.15, -0.1) is 0 Å². The van der Waals surface area contributed by atoms with Crippen LogP contribution in [0.5, 0.6) is 0 Å². The Labute approximate surface area is 145 Å². The molecule has 0 bridgehead atoms. The van der Waals surface area contributed by atoms with E-state index in [0.29, 0.717) is 24.5 Å². The zero-order chi connectivity index (χ0) is 18.0. The van der Waals surface area contributed by atoms with Crippen LogP contribution in [0.4, 0.5) is 11.8 Å². The van der Waals surface area contributed by atoms with Gasteiger partial charge >= 0.3 is 0 Å². The Morgan fingerprint density at radius 1 is 1.48 bits per heavy atom. The van der Waals surface area contributed by atoms with Gasteiger partial charge in [-0.25, -0.2) is 18.4 Å². The maximum absolute atomic E-state index is 12.8. The summed E-state index contributed by atoms with van der Waals surface area (Å²) in [7, 11) is -3.07. The van der Waals surface area contributed by atoms with Crippen molar-refractivity contribution in [2.24, 2.45) is 0 Å². The van der Waals surface area contributed by atoms with E-state index in [1.165, 1.54) is 12.3 Å². The molecule has 1 unspecified atom stereocenters. The van der Waals surface area contributed by atoms with Crippen LogP contribution in [0, 0.1) is 6.92 Å². The molecule has 0 saturated carbocycles. The van der Waals surface area contributed by atoms with Crippen molar-refractivity contribution in [3.8, 4) is 0 Å². The molecular formula is C15H19N5O4S. The van der Waals surface area contributed by atoms with E-state index in [1.807, 2.05) is 6.92 Å². The van der Waals surface area contributed by atoms with Gasteiger partial charge < -0.3 is 14.7 Å². The molecular weight excluding hydrogens is 346 g/mol. The number of nitrogens with one attached hydrogen (secondary N) is 1. The highest BCUT2D eigenvalue weighted by Gasteiger charge is 2.34. The highest BCUT2D eigenvalue weighted by molar-refractivity contribution is 7.91. The Balaban J connectivity index is 1.78. The molecule has 1 amide bonds. The number of hydrogen-bond acceptors (Lipinski definition) is 8. The molecule has 1 saturated heterocycles. The summed E-state index contributed by atoms with van der Waals surface area (Å²) in [6.07, 6.45) is 1.92. The molecule has 1 aliphatic heterocycles. The van der Waals surface area contributed by atoms with Gasteiger partial charge in [0.25, 0.3) is 5.91 Å². The van der Waals surface area contributed by atoms with Gasteiger partial charge in [0, 0.05) is 24.8 Å². The lowest BCUT2D eigenvalue weighted by Gasteiger charge is -2.26. The van der Waals surface area contributed by atoms with Crippen molar-refractivity contribution in [3.05, 3.63) is 29.8 Å². The molecule has 25 heavy (non-hydrogen) atoms. The Kier molecular flexibility index (Phi) is 4.71. The average Bonchev–Trinajstić information content (AvgIpc) is 3.13. The molecule has 3 rings (SSSR count). The standard InChI is InChI=1S/C15H19N5O4S/c1-3-20(11-5-7-25(22,23)9-11)14(21)12-4-6-16-15(17-12)18-13-8-10(2)24-19-13/h4,6,8,11H,3,5,7,9H2,1-2H3,(H,16,17,18,19). The predicted molar refractivity (Wildman–Crippen MR) is 90.3 cm³/mol. The normalized spacial score (nSPS) is 18.9. The molecule has 3 heterocycles. The first-order valence-corrected chi connectivity index (χ1v) is 9.75. The van der Waals surface area contributed by atoms with Crippen LogP contribution in [0.1, 0.15) is 29.6 Å². The summed E-state index contributed by atoms with van der Waals surface area (Å²) in [6, 6.07) is 2.87. The van der Waals surface area contributed by atoms with Gasteiger partial charge in [-0.1, -0.05) is 5.16 Å². The number of nitrogens with zero attached hydrogens (tertiary/aromatic N) is 4. The second-order valence-corrected chi connectivity index (χ2v) is 8.09. The van der Waals surface area contributed by atoms with Crippen LogP contribution in [0.25, 0.3) is 0 Å². The molecule has 1 N–H and O–H groups in total. The summed E-state index contributed by atoms with van der Waals surface area (Å²) in [5, 5.41) is 6.65. The number of carbonyl (C=O) groups is 1. The number of hydrogen-bond donors (Lipinski definition) is 1. The monoisotopic (exact) mass is 365 g/mol. The summed E-state index contributed by atoms with van der Waals surface area (Å²) in [4.78, 5) is 22.6. The number of aryl methyl sites for hydroxylation is 1. The van der Waals surface area contributed by atoms with Gasteiger partial charge in [-0.3, -0.25) is 4.79 Å². The predicted octanol–water partition coefficient (Wildman–Crippen LogP) is 1.17. The Morgan fingerprint density at radius 2 is 2.28 bits per heavy atom. The zero-order valence-corrected chi connectivity index (χ0v) is 14.8. The van der Waals surface area contributed by atoms with Gasteiger partial charge in [0.15, 0.2) is 15.7 Å². The minimum absolute atomic E-state index is 0.000979. The molecule has 0 radical (unpaired) electrons. The van der Waals surface area contributed by atoms with Crippen molar-refractivity contribution in [1.29, 1.82) is 0 Å². The van der Waals surface area contributed by atoms with Crippen LogP contribution >= 0.6 is 0 Å². The maximum Gasteiger partial charge on any atom is 0.272 e. The van der Waals surface area contributed by atoms with Gasteiger partial charge in [0.2, 0.25) is 5.95 Å². The largest absolute Gasteiger partial charge is 0.360 e. The summed E-state index contributed by atoms with van der Waals surface area (Å²) in [5.74, 6) is 1.09. The Morgan fingerprint density at radius 3 is 2.88 bits per heavy atom. The smallest absolute Gasteiger partial charge is 0.272 e. The van der Waals surface area contributed by atoms with E-state index in [9.17, 15) is 13.2 Å². The first-order chi connectivity index (χ1) is 11.9. The number of aromatic nitrogens is 3. The molecule has 9 nitrogen and oxygen atoms in total. The van der Waals surface area contributed by atoms with Crippen molar-refractivity contribution in [2.45, 2.75) is 26.3 Å². The van der Waals surface area contributed by atoms with Gasteiger partial charge in [-0.05, 0) is 26.3 Å². The minimum Gasteiger partial charge on any atom is -0.360 e. The van der Waals surface area contributed by atoms with E-state index in [0.717, 1.165) is 0 Å². The fourth-order valence-corrected chi connectivity index (χ4v) is 4.54. The second kappa shape index (κ2) is 6.79. The lowest BCUT2D eigenvalue weighted by Crippen LogP contribution is -2.41. The van der Waals surface area contributed by atoms with Crippen LogP contribution in [-0.4, -0.2) is 58.4 Å². The molecule has 10 heteroatoms. The van der Waals surface area contributed by atoms with E-state index < -0.39 is 9.84 Å². The molecule has 2 aromatic rings. The van der Waals surface area contributed by atoms with Crippen molar-refractivity contribution in [2.75, 3.05) is 23.4 Å². The van der Waals surface area contributed by atoms with Gasteiger partial charge in [0.1, 0.15) is 11.5 Å². The lowest BCUT2D eigenvalue weighted by atomic mass is 10.2. The fourth-order valence-electron chi connectivity index (χ4n) is 2.81. The highest BCUT2D eigenvalue weighted by Crippen LogP contribution is 2.20. The van der Waals surface area contributed by atoms with E-state index >= 15 is 0 Å². The summed E-state index contributed by atoms with van der Waals surface area (Å²) < 4.78 is 28.3. The van der Waals surface area contributed by atoms with E-state index in [2.05, 4.69) is 20.4 Å². The third kappa shape index (κ3) is 3.95. The average molecular weight is 365 g/mol. The number of rotatable bonds is 5. The quantitative estimate of drug-likeness (QED) is 0.839. The summed E-state index contributed by atoms with van der Waals surface area (Å²) >= 11 is 0. The molecule has 0 spiro atoms. The SMILES string of the molecule is CCN(C(=O)c1ccnc(Nc2cc(C)on2)n1)C1CCS(=O)(=O)C1. The van der Waals surface area contributed by atoms with Crippen LogP contribution in [-0.2, 0) is 9.84 Å². The van der Waals surface area contributed by atoms with Crippen molar-refractivity contribution in [3.63, 3.8) is 0 Å². The molecule has 1 fully saturated rings. The van der Waals surface area contributed by atoms with Gasteiger partial charge in [0.05, 0.1) is 11.5 Å². The number of sulfone groups is 1. The van der Waals surface area contributed by atoms with Crippen molar-refractivity contribution in [1.82, 2.24) is 20.0 Å². The number of amides is 1. The van der Waals surface area contributed by atoms with Crippen LogP contribution in [0.15, 0.2) is 22.9 Å². The summed E-state index contributed by atoms with van der Waals surface area (Å²) in [5.41, 5.74) is 0.198. The van der Waals surface area contributed by atoms with Gasteiger partial charge in [-0.2, -0.15) is 0 Å². The lowest BCUT2D eigenvalue weighted by molar-refractivity contribution is 0.0702. The van der Waals surface area contributed by atoms with E-state index in [-0.39, 0.29) is 35.1 Å². The molecule has 134 valence electrons. The number of anilines is 2. The third-order valence-electron chi connectivity index (χ3n) is 3.99. The molecule has 1 aliphatic rings. The highest BCUT2D eigenvalue weighted by atomic mass is 32.2. The van der Waals surface area contributed by atoms with Crippen LogP contribution in [0.3, 0.4) is 0 Å². The van der Waals surface area contributed by atoms with Crippen LogP contribution in [0.2, 0.25) is 0 Å². The first kappa shape index (κ1) is 17.3. The molecule has 0 aromatic carbocycles. The van der Waals surface area contributed by atoms with E-state index in [4.69, 9.17) is 4.52 Å². The Bertz CT molecular complexity index is 880.